The third-order valence-corrected chi connectivity index (χ3v) is 5.70. The summed E-state index contributed by atoms with van der Waals surface area (Å²) in [7, 11) is 0. The van der Waals surface area contributed by atoms with Crippen LogP contribution in [0.4, 0.5) is 11.4 Å². The summed E-state index contributed by atoms with van der Waals surface area (Å²) >= 11 is 0. The maximum absolute atomic E-state index is 13.2. The summed E-state index contributed by atoms with van der Waals surface area (Å²) in [4.78, 5) is 13.2. The minimum Gasteiger partial charge on any atom is -0.383 e. The predicted octanol–water partition coefficient (Wildman–Crippen LogP) is 7.18. The van der Waals surface area contributed by atoms with Crippen LogP contribution in [-0.4, -0.2) is 17.9 Å². The van der Waals surface area contributed by atoms with Gasteiger partial charge in [-0.15, -0.1) is 0 Å². The van der Waals surface area contributed by atoms with Crippen molar-refractivity contribution in [1.82, 2.24) is 0 Å². The van der Waals surface area contributed by atoms with E-state index in [-0.39, 0.29) is 5.78 Å². The quantitative estimate of drug-likeness (QED) is 0.470. The molecule has 164 valence electrons. The fourth-order valence-corrected chi connectivity index (χ4v) is 3.94. The Morgan fingerprint density at radius 3 is 1.71 bits per heavy atom. The van der Waals surface area contributed by atoms with Gasteiger partial charge in [0.25, 0.3) is 0 Å². The fourth-order valence-electron chi connectivity index (χ4n) is 3.94. The number of benzene rings is 2. The van der Waals surface area contributed by atoms with E-state index in [0.29, 0.717) is 18.0 Å². The number of rotatable bonds is 7. The van der Waals surface area contributed by atoms with Crippen LogP contribution in [0.25, 0.3) is 12.2 Å². The van der Waals surface area contributed by atoms with E-state index in [0.717, 1.165) is 52.9 Å². The second-order valence-electron chi connectivity index (χ2n) is 9.18. The van der Waals surface area contributed by atoms with Gasteiger partial charge in [0.15, 0.2) is 5.78 Å². The molecule has 2 atom stereocenters. The molecular weight excluding hydrogens is 380 g/mol. The van der Waals surface area contributed by atoms with E-state index in [1.54, 1.807) is 0 Å². The van der Waals surface area contributed by atoms with Gasteiger partial charge in [-0.1, -0.05) is 38.1 Å². The van der Waals surface area contributed by atoms with Crippen molar-refractivity contribution in [2.45, 2.75) is 66.0 Å². The Hall–Kier alpha value is -2.81. The number of hydrogen-bond acceptors (Lipinski definition) is 3. The molecule has 1 aliphatic rings. The van der Waals surface area contributed by atoms with E-state index in [9.17, 15) is 4.79 Å². The Balaban J connectivity index is 1.77. The maximum Gasteiger partial charge on any atom is 0.185 e. The van der Waals surface area contributed by atoms with Crippen LogP contribution in [0.1, 0.15) is 65.0 Å². The van der Waals surface area contributed by atoms with E-state index in [2.05, 4.69) is 106 Å². The van der Waals surface area contributed by atoms with Crippen LogP contribution >= 0.6 is 0 Å². The van der Waals surface area contributed by atoms with Crippen molar-refractivity contribution in [2.24, 2.45) is 5.92 Å². The Labute approximate surface area is 187 Å². The van der Waals surface area contributed by atoms with Gasteiger partial charge in [-0.05, 0) is 93.5 Å². The molecule has 2 unspecified atom stereocenters. The molecule has 3 nitrogen and oxygen atoms in total. The zero-order valence-corrected chi connectivity index (χ0v) is 19.5. The zero-order valence-electron chi connectivity index (χ0n) is 19.5. The number of carbonyl (C=O) groups excluding carboxylic acids is 1. The van der Waals surface area contributed by atoms with Gasteiger partial charge < -0.3 is 10.6 Å². The second-order valence-corrected chi connectivity index (χ2v) is 9.18. The van der Waals surface area contributed by atoms with Gasteiger partial charge in [-0.25, -0.2) is 0 Å². The minimum absolute atomic E-state index is 0.185. The van der Waals surface area contributed by atoms with Crippen LogP contribution in [0.5, 0.6) is 0 Å². The van der Waals surface area contributed by atoms with Gasteiger partial charge in [0, 0.05) is 34.6 Å². The Kier molecular flexibility index (Phi) is 7.73. The molecule has 0 bridgehead atoms. The first-order chi connectivity index (χ1) is 14.8. The molecule has 0 saturated heterocycles. The van der Waals surface area contributed by atoms with Crippen LogP contribution in [-0.2, 0) is 4.79 Å². The highest BCUT2D eigenvalue weighted by Crippen LogP contribution is 2.32. The highest BCUT2D eigenvalue weighted by atomic mass is 16.1. The van der Waals surface area contributed by atoms with Crippen molar-refractivity contribution in [1.29, 1.82) is 0 Å². The van der Waals surface area contributed by atoms with E-state index in [4.69, 9.17) is 0 Å². The summed E-state index contributed by atoms with van der Waals surface area (Å²) in [5, 5.41) is 6.89. The summed E-state index contributed by atoms with van der Waals surface area (Å²) in [6.07, 6.45) is 6.88. The number of Topliss-reactive ketones (excluding diaryl/α,β-unsaturated/α-hetero) is 1. The Morgan fingerprint density at radius 1 is 0.839 bits per heavy atom. The lowest BCUT2D eigenvalue weighted by Gasteiger charge is -2.23. The molecule has 1 aliphatic carbocycles. The minimum atomic E-state index is 0.185. The van der Waals surface area contributed by atoms with Crippen molar-refractivity contribution in [2.75, 3.05) is 10.6 Å². The molecule has 0 amide bonds. The highest BCUT2D eigenvalue weighted by molar-refractivity contribution is 6.14. The van der Waals surface area contributed by atoms with Crippen LogP contribution < -0.4 is 10.6 Å². The summed E-state index contributed by atoms with van der Waals surface area (Å²) in [6.45, 7) is 10.8. The average molecular weight is 417 g/mol. The normalized spacial score (nSPS) is 20.3. The summed E-state index contributed by atoms with van der Waals surface area (Å²) in [6, 6.07) is 17.5. The van der Waals surface area contributed by atoms with Gasteiger partial charge in [0.1, 0.15) is 0 Å². The number of anilines is 2. The number of ketones is 1. The highest BCUT2D eigenvalue weighted by Gasteiger charge is 2.25. The third-order valence-electron chi connectivity index (χ3n) is 5.70. The van der Waals surface area contributed by atoms with Gasteiger partial charge >= 0.3 is 0 Å². The number of allylic oxidation sites excluding steroid dienone is 2. The molecule has 0 aliphatic heterocycles. The standard InChI is InChI=1S/C28H36N2O/c1-6-21(5)30-27-13-9-23(10-14-27)18-25-16-20(4)15-24(28(25)31)17-22-7-11-26(12-8-22)29-19(2)3/h7-14,17-21,29-30H,6,15-16H2,1-5H3/b24-17+,25-18+. The summed E-state index contributed by atoms with van der Waals surface area (Å²) in [5.74, 6) is 0.646. The molecule has 2 aromatic carbocycles. The second kappa shape index (κ2) is 10.5. The van der Waals surface area contributed by atoms with E-state index in [1.807, 2.05) is 0 Å². The Bertz CT molecular complexity index is 936. The van der Waals surface area contributed by atoms with Crippen LogP contribution in [0.2, 0.25) is 0 Å². The molecule has 3 heteroatoms. The maximum atomic E-state index is 13.2. The van der Waals surface area contributed by atoms with Crippen LogP contribution in [0.3, 0.4) is 0 Å². The SMILES string of the molecule is CCC(C)Nc1ccc(/C=C2\CC(C)C/C(=C\c3ccc(NC(C)C)cc3)C2=O)cc1. The lowest BCUT2D eigenvalue weighted by Crippen LogP contribution is -2.18. The molecule has 1 fully saturated rings. The average Bonchev–Trinajstić information content (AvgIpc) is 2.73. The largest absolute Gasteiger partial charge is 0.383 e. The van der Waals surface area contributed by atoms with Crippen molar-refractivity contribution < 1.29 is 4.79 Å². The number of carbonyl (C=O) groups is 1. The van der Waals surface area contributed by atoms with Crippen molar-refractivity contribution in [3.63, 3.8) is 0 Å². The predicted molar refractivity (Wildman–Crippen MR) is 134 cm³/mol. The lowest BCUT2D eigenvalue weighted by molar-refractivity contribution is -0.113. The molecule has 31 heavy (non-hydrogen) atoms. The van der Waals surface area contributed by atoms with E-state index >= 15 is 0 Å². The van der Waals surface area contributed by atoms with Crippen molar-refractivity contribution in [3.8, 4) is 0 Å². The van der Waals surface area contributed by atoms with Gasteiger partial charge in [-0.3, -0.25) is 4.79 Å². The molecule has 0 radical (unpaired) electrons. The third kappa shape index (κ3) is 6.58. The molecule has 0 spiro atoms. The number of hydrogen-bond donors (Lipinski definition) is 2. The molecule has 0 aromatic heterocycles. The zero-order chi connectivity index (χ0) is 22.4. The topological polar surface area (TPSA) is 41.1 Å². The first kappa shape index (κ1) is 22.9. The molecular formula is C28H36N2O. The monoisotopic (exact) mass is 416 g/mol. The smallest absolute Gasteiger partial charge is 0.185 e. The molecule has 0 heterocycles. The molecule has 3 rings (SSSR count). The molecule has 2 N–H and O–H groups in total. The van der Waals surface area contributed by atoms with E-state index in [1.165, 1.54) is 0 Å². The fraction of sp³-hybridized carbons (Fsp3) is 0.393. The Morgan fingerprint density at radius 2 is 1.29 bits per heavy atom. The molecule has 2 aromatic rings. The van der Waals surface area contributed by atoms with Crippen LogP contribution in [0, 0.1) is 5.92 Å². The van der Waals surface area contributed by atoms with Crippen molar-refractivity contribution >= 4 is 29.3 Å². The van der Waals surface area contributed by atoms with Gasteiger partial charge in [-0.2, -0.15) is 0 Å². The van der Waals surface area contributed by atoms with E-state index < -0.39 is 0 Å². The van der Waals surface area contributed by atoms with Crippen molar-refractivity contribution in [3.05, 3.63) is 70.8 Å². The lowest BCUT2D eigenvalue weighted by atomic mass is 9.81. The summed E-state index contributed by atoms with van der Waals surface area (Å²) < 4.78 is 0. The first-order valence-electron chi connectivity index (χ1n) is 11.5. The van der Waals surface area contributed by atoms with Gasteiger partial charge in [0.05, 0.1) is 0 Å². The number of nitrogens with one attached hydrogen (secondary N) is 2. The van der Waals surface area contributed by atoms with Gasteiger partial charge in [0.2, 0.25) is 0 Å². The molecule has 1 saturated carbocycles. The first-order valence-corrected chi connectivity index (χ1v) is 11.5. The van der Waals surface area contributed by atoms with Crippen LogP contribution in [0.15, 0.2) is 59.7 Å². The summed E-state index contributed by atoms with van der Waals surface area (Å²) in [5.41, 5.74) is 6.20.